The number of aliphatic imine (C=N–C) groups is 1. The van der Waals surface area contributed by atoms with Gasteiger partial charge in [0.05, 0.1) is 35.5 Å². The maximum atomic E-state index is 11.0. The number of ether oxygens (including phenoxy) is 1. The summed E-state index contributed by atoms with van der Waals surface area (Å²) in [7, 11) is 1.20. The normalized spacial score (nSPS) is 13.3. The van der Waals surface area contributed by atoms with Gasteiger partial charge < -0.3 is 14.9 Å². The van der Waals surface area contributed by atoms with Crippen LogP contribution in [0.5, 0.6) is 0 Å². The summed E-state index contributed by atoms with van der Waals surface area (Å²) < 4.78 is 4.41. The third-order valence-electron chi connectivity index (χ3n) is 2.45. The molecule has 0 aliphatic rings. The first kappa shape index (κ1) is 15.8. The van der Waals surface area contributed by atoms with Crippen LogP contribution in [0.15, 0.2) is 23.2 Å². The van der Waals surface area contributed by atoms with Crippen LogP contribution in [0.2, 0.25) is 5.02 Å². The molecule has 0 aliphatic carbocycles. The van der Waals surface area contributed by atoms with E-state index >= 15 is 0 Å². The SMILES string of the molecule is COC(=O)CC(O)C(O)c1ccc(N=C=S)c(Cl)c1. The minimum Gasteiger partial charge on any atom is -0.469 e. The van der Waals surface area contributed by atoms with Crippen LogP contribution in [0.4, 0.5) is 5.69 Å². The monoisotopic (exact) mass is 301 g/mol. The van der Waals surface area contributed by atoms with Gasteiger partial charge in [0.25, 0.3) is 0 Å². The summed E-state index contributed by atoms with van der Waals surface area (Å²) in [5, 5.41) is 22.0. The zero-order valence-electron chi connectivity index (χ0n) is 10.0. The Balaban J connectivity index is 2.88. The van der Waals surface area contributed by atoms with Gasteiger partial charge in [-0.15, -0.1) is 0 Å². The van der Waals surface area contributed by atoms with Crippen molar-refractivity contribution in [1.29, 1.82) is 0 Å². The molecule has 1 rings (SSSR count). The number of aliphatic hydroxyl groups is 2. The number of benzene rings is 1. The summed E-state index contributed by atoms with van der Waals surface area (Å²) >= 11 is 10.4. The van der Waals surface area contributed by atoms with Crippen molar-refractivity contribution in [2.24, 2.45) is 4.99 Å². The molecule has 19 heavy (non-hydrogen) atoms. The fourth-order valence-electron chi connectivity index (χ4n) is 1.43. The Hall–Kier alpha value is -1.30. The number of halogens is 1. The number of carbonyl (C=O) groups excluding carboxylic acids is 1. The van der Waals surface area contributed by atoms with Gasteiger partial charge in [-0.2, -0.15) is 4.99 Å². The second-order valence-corrected chi connectivity index (χ2v) is 4.30. The number of nitrogens with zero attached hydrogens (tertiary/aromatic N) is 1. The molecule has 5 nitrogen and oxygen atoms in total. The lowest BCUT2D eigenvalue weighted by molar-refractivity contribution is -0.144. The minimum atomic E-state index is -1.27. The lowest BCUT2D eigenvalue weighted by Crippen LogP contribution is -2.22. The van der Waals surface area contributed by atoms with E-state index in [1.807, 2.05) is 0 Å². The van der Waals surface area contributed by atoms with Gasteiger partial charge in [-0.25, -0.2) is 0 Å². The largest absolute Gasteiger partial charge is 0.469 e. The topological polar surface area (TPSA) is 79.1 Å². The average Bonchev–Trinajstić information content (AvgIpc) is 2.40. The molecule has 1 aromatic rings. The number of rotatable bonds is 5. The molecule has 2 atom stereocenters. The summed E-state index contributed by atoms with van der Waals surface area (Å²) in [5.41, 5.74) is 0.778. The second-order valence-electron chi connectivity index (χ2n) is 3.71. The average molecular weight is 302 g/mol. The fourth-order valence-corrected chi connectivity index (χ4v) is 1.76. The van der Waals surface area contributed by atoms with Crippen molar-refractivity contribution in [3.05, 3.63) is 28.8 Å². The van der Waals surface area contributed by atoms with Gasteiger partial charge in [0.15, 0.2) is 0 Å². The lowest BCUT2D eigenvalue weighted by atomic mass is 10.0. The Morgan fingerprint density at radius 1 is 1.58 bits per heavy atom. The van der Waals surface area contributed by atoms with Crippen LogP contribution in [0.25, 0.3) is 0 Å². The molecule has 0 heterocycles. The van der Waals surface area contributed by atoms with Crippen LogP contribution < -0.4 is 0 Å². The number of thiocarbonyl (C=S) groups is 1. The maximum absolute atomic E-state index is 11.0. The molecular formula is C12H12ClNO4S. The van der Waals surface area contributed by atoms with Crippen LogP contribution in [0.3, 0.4) is 0 Å². The van der Waals surface area contributed by atoms with Crippen molar-refractivity contribution >= 4 is 40.6 Å². The van der Waals surface area contributed by atoms with E-state index in [0.29, 0.717) is 11.3 Å². The molecule has 0 radical (unpaired) electrons. The number of hydrogen-bond acceptors (Lipinski definition) is 6. The Morgan fingerprint density at radius 2 is 2.26 bits per heavy atom. The van der Waals surface area contributed by atoms with Crippen LogP contribution >= 0.6 is 23.8 Å². The molecule has 0 spiro atoms. The van der Waals surface area contributed by atoms with E-state index < -0.39 is 18.2 Å². The van der Waals surface area contributed by atoms with Gasteiger partial charge in [0, 0.05) is 0 Å². The van der Waals surface area contributed by atoms with Gasteiger partial charge in [-0.1, -0.05) is 17.7 Å². The van der Waals surface area contributed by atoms with Crippen LogP contribution in [-0.4, -0.2) is 34.6 Å². The molecule has 0 aliphatic heterocycles. The summed E-state index contributed by atoms with van der Waals surface area (Å²) in [6.45, 7) is 0. The minimum absolute atomic E-state index is 0.263. The van der Waals surface area contributed by atoms with Crippen LogP contribution in [-0.2, 0) is 9.53 Å². The van der Waals surface area contributed by atoms with Gasteiger partial charge in [-0.05, 0) is 29.9 Å². The summed E-state index contributed by atoms with van der Waals surface area (Å²) in [4.78, 5) is 14.7. The van der Waals surface area contributed by atoms with Crippen molar-refractivity contribution in [3.63, 3.8) is 0 Å². The highest BCUT2D eigenvalue weighted by Gasteiger charge is 2.22. The van der Waals surface area contributed by atoms with Crippen LogP contribution in [0.1, 0.15) is 18.1 Å². The summed E-state index contributed by atoms with van der Waals surface area (Å²) in [6, 6.07) is 4.51. The van der Waals surface area contributed by atoms with Crippen molar-refractivity contribution in [3.8, 4) is 0 Å². The number of isothiocyanates is 1. The second kappa shape index (κ2) is 7.33. The highest BCUT2D eigenvalue weighted by atomic mass is 35.5. The molecule has 0 saturated carbocycles. The smallest absolute Gasteiger partial charge is 0.308 e. The highest BCUT2D eigenvalue weighted by molar-refractivity contribution is 7.78. The third-order valence-corrected chi connectivity index (χ3v) is 2.84. The summed E-state index contributed by atoms with van der Waals surface area (Å²) in [6.07, 6.45) is -2.83. The molecule has 0 fully saturated rings. The molecule has 102 valence electrons. The van der Waals surface area contributed by atoms with Crippen molar-refractivity contribution in [1.82, 2.24) is 0 Å². The Bertz CT molecular complexity index is 516. The quantitative estimate of drug-likeness (QED) is 0.494. The Kier molecular flexibility index (Phi) is 6.08. The molecule has 2 N–H and O–H groups in total. The zero-order chi connectivity index (χ0) is 14.4. The van der Waals surface area contributed by atoms with Gasteiger partial charge >= 0.3 is 5.97 Å². The van der Waals surface area contributed by atoms with Crippen LogP contribution in [0, 0.1) is 0 Å². The zero-order valence-corrected chi connectivity index (χ0v) is 11.6. The van der Waals surface area contributed by atoms with E-state index in [1.165, 1.54) is 25.3 Å². The number of hydrogen-bond donors (Lipinski definition) is 2. The number of esters is 1. The van der Waals surface area contributed by atoms with E-state index in [1.54, 1.807) is 0 Å². The molecule has 1 aromatic carbocycles. The van der Waals surface area contributed by atoms with E-state index in [2.05, 4.69) is 27.1 Å². The predicted octanol–water partition coefficient (Wildman–Crippen LogP) is 2.03. The molecule has 0 saturated heterocycles. The van der Waals surface area contributed by atoms with E-state index in [9.17, 15) is 15.0 Å². The first-order valence-electron chi connectivity index (χ1n) is 5.30. The molecule has 7 heteroatoms. The van der Waals surface area contributed by atoms with E-state index in [-0.39, 0.29) is 11.4 Å². The van der Waals surface area contributed by atoms with E-state index in [4.69, 9.17) is 11.6 Å². The standard InChI is InChI=1S/C12H12ClNO4S/c1-18-11(16)5-10(15)12(17)7-2-3-9(14-6-19)8(13)4-7/h2-4,10,12,15,17H,5H2,1H3. The Labute approximate surface area is 120 Å². The van der Waals surface area contributed by atoms with Crippen molar-refractivity contribution in [2.75, 3.05) is 7.11 Å². The number of aliphatic hydroxyl groups excluding tert-OH is 2. The van der Waals surface area contributed by atoms with Gasteiger partial charge in [0.2, 0.25) is 0 Å². The third kappa shape index (κ3) is 4.38. The lowest BCUT2D eigenvalue weighted by Gasteiger charge is -2.17. The molecular weight excluding hydrogens is 290 g/mol. The summed E-state index contributed by atoms with van der Waals surface area (Å²) in [5.74, 6) is -0.612. The van der Waals surface area contributed by atoms with Gasteiger partial charge in [0.1, 0.15) is 6.10 Å². The Morgan fingerprint density at radius 3 is 2.79 bits per heavy atom. The first-order valence-corrected chi connectivity index (χ1v) is 6.08. The van der Waals surface area contributed by atoms with Crippen molar-refractivity contribution in [2.45, 2.75) is 18.6 Å². The highest BCUT2D eigenvalue weighted by Crippen LogP contribution is 2.29. The van der Waals surface area contributed by atoms with Gasteiger partial charge in [-0.3, -0.25) is 4.79 Å². The number of methoxy groups -OCH3 is 1. The first-order chi connectivity index (χ1) is 8.99. The molecule has 0 aromatic heterocycles. The maximum Gasteiger partial charge on any atom is 0.308 e. The molecule has 2 unspecified atom stereocenters. The van der Waals surface area contributed by atoms with E-state index in [0.717, 1.165) is 0 Å². The predicted molar refractivity (Wildman–Crippen MR) is 73.7 cm³/mol. The molecule has 0 amide bonds. The number of carbonyl (C=O) groups is 1. The molecule has 0 bridgehead atoms. The van der Waals surface area contributed by atoms with Crippen molar-refractivity contribution < 1.29 is 19.7 Å². The fraction of sp³-hybridized carbons (Fsp3) is 0.333.